The number of nitrogens with zero attached hydrogens (tertiary/aromatic N) is 6. The van der Waals surface area contributed by atoms with Gasteiger partial charge in [-0.05, 0) is 6.42 Å². The van der Waals surface area contributed by atoms with Crippen LogP contribution in [0, 0.1) is 0 Å². The van der Waals surface area contributed by atoms with Crippen LogP contribution in [0.3, 0.4) is 0 Å². The van der Waals surface area contributed by atoms with Gasteiger partial charge in [0.2, 0.25) is 0 Å². The Morgan fingerprint density at radius 3 is 2.36 bits per heavy atom. The molecule has 0 saturated carbocycles. The number of hydrogen-bond donors (Lipinski definition) is 0. The Morgan fingerprint density at radius 2 is 1.75 bits per heavy atom. The zero-order valence-corrected chi connectivity index (χ0v) is 16.1. The average Bonchev–Trinajstić information content (AvgIpc) is 3.36. The third kappa shape index (κ3) is 3.26. The molecule has 0 radical (unpaired) electrons. The second-order valence-electron chi connectivity index (χ2n) is 6.54. The van der Waals surface area contributed by atoms with Crippen LogP contribution in [0.2, 0.25) is 0 Å². The summed E-state index contributed by atoms with van der Waals surface area (Å²) in [5.41, 5.74) is 4.95. The minimum absolute atomic E-state index is 0.107. The van der Waals surface area contributed by atoms with Crippen LogP contribution in [0.25, 0.3) is 22.5 Å². The van der Waals surface area contributed by atoms with Gasteiger partial charge >= 0.3 is 6.01 Å². The maximum absolute atomic E-state index is 5.12. The van der Waals surface area contributed by atoms with Gasteiger partial charge in [0.15, 0.2) is 0 Å². The van der Waals surface area contributed by atoms with Crippen molar-refractivity contribution in [2.75, 3.05) is 7.11 Å². The molecule has 28 heavy (non-hydrogen) atoms. The summed E-state index contributed by atoms with van der Waals surface area (Å²) in [4.78, 5) is 13.4. The predicted molar refractivity (Wildman–Crippen MR) is 107 cm³/mol. The molecule has 7 heteroatoms. The first-order valence-electron chi connectivity index (χ1n) is 9.18. The lowest BCUT2D eigenvalue weighted by Gasteiger charge is -2.19. The number of imidazole rings is 1. The SMILES string of the molecule is CCC(c1cnn(C)c1)n1cnc(-c2ccccc2)c1-c1cnc(OC)nc1. The van der Waals surface area contributed by atoms with E-state index in [1.54, 1.807) is 19.5 Å². The van der Waals surface area contributed by atoms with Crippen LogP contribution in [-0.2, 0) is 7.05 Å². The van der Waals surface area contributed by atoms with Crippen molar-refractivity contribution in [3.8, 4) is 28.5 Å². The highest BCUT2D eigenvalue weighted by Crippen LogP contribution is 2.35. The summed E-state index contributed by atoms with van der Waals surface area (Å²) in [6.45, 7) is 2.16. The number of ether oxygens (including phenoxy) is 1. The van der Waals surface area contributed by atoms with Gasteiger partial charge in [0.25, 0.3) is 0 Å². The zero-order valence-electron chi connectivity index (χ0n) is 16.1. The topological polar surface area (TPSA) is 70.7 Å². The minimum Gasteiger partial charge on any atom is -0.467 e. The van der Waals surface area contributed by atoms with Crippen LogP contribution >= 0.6 is 0 Å². The average molecular weight is 374 g/mol. The third-order valence-corrected chi connectivity index (χ3v) is 4.76. The van der Waals surface area contributed by atoms with Gasteiger partial charge in [0, 0.05) is 42.3 Å². The number of rotatable bonds is 6. The molecule has 1 atom stereocenters. The maximum Gasteiger partial charge on any atom is 0.316 e. The maximum atomic E-state index is 5.12. The molecule has 1 aromatic carbocycles. The summed E-state index contributed by atoms with van der Waals surface area (Å²) < 4.78 is 9.12. The van der Waals surface area contributed by atoms with E-state index < -0.39 is 0 Å². The van der Waals surface area contributed by atoms with Crippen molar-refractivity contribution in [3.05, 3.63) is 67.0 Å². The Labute approximate surface area is 163 Å². The van der Waals surface area contributed by atoms with Crippen molar-refractivity contribution in [2.24, 2.45) is 7.05 Å². The molecule has 4 aromatic rings. The van der Waals surface area contributed by atoms with Gasteiger partial charge in [0.05, 0.1) is 37.1 Å². The Morgan fingerprint density at radius 1 is 1.00 bits per heavy atom. The van der Waals surface area contributed by atoms with Gasteiger partial charge < -0.3 is 9.30 Å². The monoisotopic (exact) mass is 374 g/mol. The normalized spacial score (nSPS) is 12.1. The van der Waals surface area contributed by atoms with Crippen LogP contribution in [-0.4, -0.2) is 36.4 Å². The summed E-state index contributed by atoms with van der Waals surface area (Å²) in [5, 5.41) is 4.34. The van der Waals surface area contributed by atoms with Crippen LogP contribution in [0.15, 0.2) is 61.4 Å². The first-order chi connectivity index (χ1) is 13.7. The van der Waals surface area contributed by atoms with E-state index in [4.69, 9.17) is 9.72 Å². The first-order valence-corrected chi connectivity index (χ1v) is 9.18. The van der Waals surface area contributed by atoms with Crippen molar-refractivity contribution in [1.82, 2.24) is 29.3 Å². The van der Waals surface area contributed by atoms with Crippen LogP contribution < -0.4 is 4.74 Å². The van der Waals surface area contributed by atoms with E-state index in [1.165, 1.54) is 0 Å². The number of benzene rings is 1. The molecular weight excluding hydrogens is 352 g/mol. The zero-order chi connectivity index (χ0) is 19.5. The lowest BCUT2D eigenvalue weighted by atomic mass is 10.0. The largest absolute Gasteiger partial charge is 0.467 e. The quantitative estimate of drug-likeness (QED) is 0.514. The molecule has 7 nitrogen and oxygen atoms in total. The van der Waals surface area contributed by atoms with Crippen LogP contribution in [0.5, 0.6) is 6.01 Å². The molecular formula is C21H22N6O. The molecule has 0 fully saturated rings. The number of aromatic nitrogens is 6. The standard InChI is InChI=1S/C21H22N6O/c1-4-18(17-12-25-26(2)13-17)27-14-24-19(15-8-6-5-7-9-15)20(27)16-10-22-21(28-3)23-11-16/h5-14,18H,4H2,1-3H3. The summed E-state index contributed by atoms with van der Waals surface area (Å²) in [6.07, 6.45) is 10.3. The summed E-state index contributed by atoms with van der Waals surface area (Å²) >= 11 is 0. The summed E-state index contributed by atoms with van der Waals surface area (Å²) in [5.74, 6) is 0. The molecule has 1 unspecified atom stereocenters. The van der Waals surface area contributed by atoms with E-state index in [-0.39, 0.29) is 6.04 Å². The van der Waals surface area contributed by atoms with Crippen molar-refractivity contribution in [2.45, 2.75) is 19.4 Å². The van der Waals surface area contributed by atoms with E-state index in [0.29, 0.717) is 6.01 Å². The van der Waals surface area contributed by atoms with E-state index in [9.17, 15) is 0 Å². The highest BCUT2D eigenvalue weighted by atomic mass is 16.5. The highest BCUT2D eigenvalue weighted by molar-refractivity contribution is 5.78. The van der Waals surface area contributed by atoms with Crippen molar-refractivity contribution >= 4 is 0 Å². The molecule has 3 heterocycles. The number of methoxy groups -OCH3 is 1. The number of aryl methyl sites for hydroxylation is 1. The number of hydrogen-bond acceptors (Lipinski definition) is 5. The smallest absolute Gasteiger partial charge is 0.316 e. The molecule has 0 aliphatic heterocycles. The fourth-order valence-corrected chi connectivity index (χ4v) is 3.44. The van der Waals surface area contributed by atoms with Crippen molar-refractivity contribution in [3.63, 3.8) is 0 Å². The van der Waals surface area contributed by atoms with Gasteiger partial charge in [0.1, 0.15) is 0 Å². The third-order valence-electron chi connectivity index (χ3n) is 4.76. The Bertz CT molecular complexity index is 1050. The first kappa shape index (κ1) is 17.9. The van der Waals surface area contributed by atoms with Crippen molar-refractivity contribution < 1.29 is 4.74 Å². The fourth-order valence-electron chi connectivity index (χ4n) is 3.44. The van der Waals surface area contributed by atoms with Crippen LogP contribution in [0.4, 0.5) is 0 Å². The second kappa shape index (κ2) is 7.64. The van der Waals surface area contributed by atoms with Gasteiger partial charge in [-0.3, -0.25) is 4.68 Å². The lowest BCUT2D eigenvalue weighted by molar-refractivity contribution is 0.380. The molecule has 3 aromatic heterocycles. The van der Waals surface area contributed by atoms with Gasteiger partial charge in [-0.2, -0.15) is 5.10 Å². The summed E-state index contributed by atoms with van der Waals surface area (Å²) in [7, 11) is 3.49. The van der Waals surface area contributed by atoms with E-state index in [1.807, 2.05) is 48.6 Å². The van der Waals surface area contributed by atoms with Gasteiger partial charge in [-0.25, -0.2) is 15.0 Å². The molecule has 0 N–H and O–H groups in total. The second-order valence-corrected chi connectivity index (χ2v) is 6.54. The summed E-state index contributed by atoms with van der Waals surface area (Å²) in [6, 6.07) is 10.6. The molecule has 0 aliphatic rings. The minimum atomic E-state index is 0.107. The molecule has 0 saturated heterocycles. The Hall–Kier alpha value is -3.48. The Kier molecular flexibility index (Phi) is 4.89. The highest BCUT2D eigenvalue weighted by Gasteiger charge is 2.22. The Balaban J connectivity index is 1.89. The van der Waals surface area contributed by atoms with Gasteiger partial charge in [-0.15, -0.1) is 0 Å². The van der Waals surface area contributed by atoms with E-state index in [2.05, 4.69) is 38.7 Å². The van der Waals surface area contributed by atoms with Crippen LogP contribution in [0.1, 0.15) is 24.9 Å². The predicted octanol–water partition coefficient (Wildman–Crippen LogP) is 3.75. The molecule has 0 bridgehead atoms. The van der Waals surface area contributed by atoms with E-state index in [0.717, 1.165) is 34.5 Å². The van der Waals surface area contributed by atoms with E-state index >= 15 is 0 Å². The molecule has 4 rings (SSSR count). The van der Waals surface area contributed by atoms with Crippen molar-refractivity contribution in [1.29, 1.82) is 0 Å². The molecule has 142 valence electrons. The molecule has 0 amide bonds. The molecule has 0 aliphatic carbocycles. The fraction of sp³-hybridized carbons (Fsp3) is 0.238. The van der Waals surface area contributed by atoms with Gasteiger partial charge in [-0.1, -0.05) is 37.3 Å². The molecule has 0 spiro atoms. The lowest BCUT2D eigenvalue weighted by Crippen LogP contribution is -2.10.